The monoisotopic (exact) mass is 286 g/mol. The second-order valence-corrected chi connectivity index (χ2v) is 4.76. The first-order chi connectivity index (χ1) is 7.68. The second kappa shape index (κ2) is 5.06. The molecule has 1 fully saturated rings. The van der Waals surface area contributed by atoms with Crippen LogP contribution in [0, 0.1) is 11.7 Å². The Morgan fingerprint density at radius 1 is 1.50 bits per heavy atom. The van der Waals surface area contributed by atoms with Gasteiger partial charge in [-0.3, -0.25) is 4.79 Å². The topological polar surface area (TPSA) is 26.3 Å². The molecule has 0 spiro atoms. The summed E-state index contributed by atoms with van der Waals surface area (Å²) in [5, 5.41) is 0. The lowest BCUT2D eigenvalue weighted by molar-refractivity contribution is 0.0461. The highest BCUT2D eigenvalue weighted by Crippen LogP contribution is 2.22. The molecule has 0 bridgehead atoms. The zero-order valence-corrected chi connectivity index (χ0v) is 10.3. The van der Waals surface area contributed by atoms with Gasteiger partial charge in [-0.25, -0.2) is 4.39 Å². The summed E-state index contributed by atoms with van der Waals surface area (Å²) in [5.41, 5.74) is 0.427. The molecule has 16 heavy (non-hydrogen) atoms. The van der Waals surface area contributed by atoms with Gasteiger partial charge in [0.1, 0.15) is 5.82 Å². The molecule has 1 aliphatic rings. The minimum Gasteiger partial charge on any atom is -0.381 e. The molecule has 1 aromatic carbocycles. The van der Waals surface area contributed by atoms with Gasteiger partial charge in [0.05, 0.1) is 11.1 Å². The number of hydrogen-bond acceptors (Lipinski definition) is 2. The molecule has 0 aromatic heterocycles. The van der Waals surface area contributed by atoms with Crippen molar-refractivity contribution < 1.29 is 13.9 Å². The molecule has 0 saturated carbocycles. The van der Waals surface area contributed by atoms with Crippen molar-refractivity contribution in [1.82, 2.24) is 0 Å². The lowest BCUT2D eigenvalue weighted by Crippen LogP contribution is -2.25. The standard InChI is InChI=1S/C12H12BrFO2/c13-10-4-3-8(6-11(10)14)12(15)9-2-1-5-16-7-9/h3-4,6,9H,1-2,5,7H2. The molecular weight excluding hydrogens is 275 g/mol. The Labute approximate surface area is 102 Å². The van der Waals surface area contributed by atoms with Crippen molar-refractivity contribution in [1.29, 1.82) is 0 Å². The van der Waals surface area contributed by atoms with E-state index in [-0.39, 0.29) is 11.7 Å². The summed E-state index contributed by atoms with van der Waals surface area (Å²) in [4.78, 5) is 12.0. The fourth-order valence-electron chi connectivity index (χ4n) is 1.83. The number of carbonyl (C=O) groups excluding carboxylic acids is 1. The van der Waals surface area contributed by atoms with Crippen molar-refractivity contribution in [3.05, 3.63) is 34.1 Å². The van der Waals surface area contributed by atoms with E-state index in [9.17, 15) is 9.18 Å². The SMILES string of the molecule is O=C(c1ccc(Br)c(F)c1)C1CCCOC1. The molecule has 2 rings (SSSR count). The molecule has 1 saturated heterocycles. The van der Waals surface area contributed by atoms with Crippen LogP contribution in [-0.2, 0) is 4.74 Å². The first-order valence-corrected chi connectivity index (χ1v) is 6.05. The molecule has 0 aliphatic carbocycles. The van der Waals surface area contributed by atoms with E-state index in [0.717, 1.165) is 19.4 Å². The minimum atomic E-state index is -0.400. The van der Waals surface area contributed by atoms with Gasteiger partial charge in [-0.2, -0.15) is 0 Å². The average Bonchev–Trinajstić information content (AvgIpc) is 2.33. The molecular formula is C12H12BrFO2. The molecule has 86 valence electrons. The number of benzene rings is 1. The Hall–Kier alpha value is -0.740. The summed E-state index contributed by atoms with van der Waals surface area (Å²) in [6.07, 6.45) is 1.73. The predicted molar refractivity (Wildman–Crippen MR) is 62.0 cm³/mol. The molecule has 0 amide bonds. The average molecular weight is 287 g/mol. The first kappa shape index (κ1) is 11.7. The van der Waals surface area contributed by atoms with E-state index in [0.29, 0.717) is 16.6 Å². The molecule has 1 atom stereocenters. The molecule has 0 radical (unpaired) electrons. The van der Waals surface area contributed by atoms with Crippen molar-refractivity contribution in [3.8, 4) is 0 Å². The summed E-state index contributed by atoms with van der Waals surface area (Å²) in [6, 6.07) is 4.48. The van der Waals surface area contributed by atoms with Crippen LogP contribution in [0.15, 0.2) is 22.7 Å². The van der Waals surface area contributed by atoms with Crippen molar-refractivity contribution in [2.24, 2.45) is 5.92 Å². The van der Waals surface area contributed by atoms with Crippen LogP contribution in [0.25, 0.3) is 0 Å². The maximum absolute atomic E-state index is 13.3. The van der Waals surface area contributed by atoms with E-state index in [4.69, 9.17) is 4.74 Å². The summed E-state index contributed by atoms with van der Waals surface area (Å²) in [6.45, 7) is 1.18. The molecule has 1 unspecified atom stereocenters. The summed E-state index contributed by atoms with van der Waals surface area (Å²) < 4.78 is 18.9. The van der Waals surface area contributed by atoms with Gasteiger partial charge in [-0.05, 0) is 40.9 Å². The maximum atomic E-state index is 13.3. The Balaban J connectivity index is 2.16. The summed E-state index contributed by atoms with van der Waals surface area (Å²) in [5.74, 6) is -0.539. The summed E-state index contributed by atoms with van der Waals surface area (Å²) in [7, 11) is 0. The molecule has 1 aromatic rings. The Morgan fingerprint density at radius 3 is 2.94 bits per heavy atom. The van der Waals surface area contributed by atoms with Crippen LogP contribution in [0.4, 0.5) is 4.39 Å². The smallest absolute Gasteiger partial charge is 0.168 e. The highest BCUT2D eigenvalue weighted by atomic mass is 79.9. The molecule has 1 aliphatic heterocycles. The van der Waals surface area contributed by atoms with E-state index in [2.05, 4.69) is 15.9 Å². The van der Waals surface area contributed by atoms with Crippen molar-refractivity contribution >= 4 is 21.7 Å². The molecule has 1 heterocycles. The second-order valence-electron chi connectivity index (χ2n) is 3.91. The van der Waals surface area contributed by atoms with Crippen molar-refractivity contribution in [2.75, 3.05) is 13.2 Å². The normalized spacial score (nSPS) is 20.8. The van der Waals surface area contributed by atoms with Gasteiger partial charge in [-0.15, -0.1) is 0 Å². The predicted octanol–water partition coefficient (Wildman–Crippen LogP) is 3.20. The zero-order chi connectivity index (χ0) is 11.5. The Kier molecular flexibility index (Phi) is 3.71. The fraction of sp³-hybridized carbons (Fsp3) is 0.417. The van der Waals surface area contributed by atoms with E-state index in [1.807, 2.05) is 0 Å². The number of Topliss-reactive ketones (excluding diaryl/α,β-unsaturated/α-hetero) is 1. The van der Waals surface area contributed by atoms with Gasteiger partial charge in [0.25, 0.3) is 0 Å². The summed E-state index contributed by atoms with van der Waals surface area (Å²) >= 11 is 3.06. The van der Waals surface area contributed by atoms with Gasteiger partial charge in [0.15, 0.2) is 5.78 Å². The third-order valence-corrected chi connectivity index (χ3v) is 3.38. The van der Waals surface area contributed by atoms with Crippen LogP contribution in [-0.4, -0.2) is 19.0 Å². The van der Waals surface area contributed by atoms with Gasteiger partial charge < -0.3 is 4.74 Å². The molecule has 2 nitrogen and oxygen atoms in total. The number of carbonyl (C=O) groups is 1. The fourth-order valence-corrected chi connectivity index (χ4v) is 2.08. The van der Waals surface area contributed by atoms with E-state index in [1.54, 1.807) is 12.1 Å². The number of rotatable bonds is 2. The Morgan fingerprint density at radius 2 is 2.31 bits per heavy atom. The third-order valence-electron chi connectivity index (χ3n) is 2.74. The van der Waals surface area contributed by atoms with E-state index < -0.39 is 5.82 Å². The van der Waals surface area contributed by atoms with Crippen molar-refractivity contribution in [3.63, 3.8) is 0 Å². The number of hydrogen-bond donors (Lipinski definition) is 0. The lowest BCUT2D eigenvalue weighted by atomic mass is 9.93. The van der Waals surface area contributed by atoms with Gasteiger partial charge >= 0.3 is 0 Å². The minimum absolute atomic E-state index is 0.0221. The van der Waals surface area contributed by atoms with Crippen LogP contribution < -0.4 is 0 Å². The van der Waals surface area contributed by atoms with Gasteiger partial charge in [0.2, 0.25) is 0 Å². The van der Waals surface area contributed by atoms with E-state index in [1.165, 1.54) is 6.07 Å². The quantitative estimate of drug-likeness (QED) is 0.781. The molecule has 0 N–H and O–H groups in total. The number of ether oxygens (including phenoxy) is 1. The maximum Gasteiger partial charge on any atom is 0.168 e. The zero-order valence-electron chi connectivity index (χ0n) is 8.71. The third kappa shape index (κ3) is 2.50. The van der Waals surface area contributed by atoms with Crippen LogP contribution in [0.2, 0.25) is 0 Å². The lowest BCUT2D eigenvalue weighted by Gasteiger charge is -2.20. The van der Waals surface area contributed by atoms with Gasteiger partial charge in [0, 0.05) is 18.1 Å². The highest BCUT2D eigenvalue weighted by molar-refractivity contribution is 9.10. The van der Waals surface area contributed by atoms with E-state index >= 15 is 0 Å². The van der Waals surface area contributed by atoms with Crippen LogP contribution in [0.5, 0.6) is 0 Å². The van der Waals surface area contributed by atoms with Crippen molar-refractivity contribution in [2.45, 2.75) is 12.8 Å². The first-order valence-electron chi connectivity index (χ1n) is 5.25. The highest BCUT2D eigenvalue weighted by Gasteiger charge is 2.23. The van der Waals surface area contributed by atoms with Crippen LogP contribution in [0.1, 0.15) is 23.2 Å². The number of halogens is 2. The van der Waals surface area contributed by atoms with Crippen LogP contribution in [0.3, 0.4) is 0 Å². The molecule has 4 heteroatoms. The van der Waals surface area contributed by atoms with Crippen LogP contribution >= 0.6 is 15.9 Å². The Bertz CT molecular complexity index is 400. The van der Waals surface area contributed by atoms with Gasteiger partial charge in [-0.1, -0.05) is 6.07 Å². The largest absolute Gasteiger partial charge is 0.381 e. The number of ketones is 1.